The van der Waals surface area contributed by atoms with E-state index in [9.17, 15) is 9.59 Å². The SMILES string of the molecule is Cc1oc(-c2ccccc2)nc1CCOc1ccc(CCCC=C2NC(=O)OC2=O)cc1. The molecular weight excluding hydrogens is 408 g/mol. The van der Waals surface area contributed by atoms with Gasteiger partial charge < -0.3 is 13.9 Å². The van der Waals surface area contributed by atoms with Gasteiger partial charge in [0.05, 0.1) is 12.3 Å². The number of unbranched alkanes of at least 4 members (excludes halogenated alkanes) is 1. The van der Waals surface area contributed by atoms with E-state index in [0.29, 0.717) is 25.3 Å². The second-order valence-corrected chi connectivity index (χ2v) is 7.44. The van der Waals surface area contributed by atoms with Gasteiger partial charge in [-0.25, -0.2) is 14.6 Å². The van der Waals surface area contributed by atoms with Gasteiger partial charge in [-0.05, 0) is 56.0 Å². The number of esters is 1. The third-order valence-corrected chi connectivity index (χ3v) is 5.10. The lowest BCUT2D eigenvalue weighted by Gasteiger charge is -2.06. The lowest BCUT2D eigenvalue weighted by atomic mass is 10.1. The number of carbonyl (C=O) groups excluding carboxylic acids is 2. The lowest BCUT2D eigenvalue weighted by molar-refractivity contribution is -0.130. The fourth-order valence-corrected chi connectivity index (χ4v) is 3.39. The van der Waals surface area contributed by atoms with Crippen molar-refractivity contribution >= 4 is 12.1 Å². The number of ether oxygens (including phenoxy) is 2. The van der Waals surface area contributed by atoms with Crippen molar-refractivity contribution in [1.82, 2.24) is 10.3 Å². The van der Waals surface area contributed by atoms with Gasteiger partial charge in [-0.3, -0.25) is 5.32 Å². The summed E-state index contributed by atoms with van der Waals surface area (Å²) in [5, 5.41) is 2.38. The molecule has 32 heavy (non-hydrogen) atoms. The highest BCUT2D eigenvalue weighted by molar-refractivity contribution is 6.03. The van der Waals surface area contributed by atoms with Crippen molar-refractivity contribution in [2.45, 2.75) is 32.6 Å². The Morgan fingerprint density at radius 3 is 2.53 bits per heavy atom. The zero-order valence-corrected chi connectivity index (χ0v) is 17.8. The maximum Gasteiger partial charge on any atom is 0.419 e. The van der Waals surface area contributed by atoms with E-state index in [1.807, 2.05) is 61.5 Å². The van der Waals surface area contributed by atoms with Crippen LogP contribution in [0.1, 0.15) is 29.9 Å². The first kappa shape index (κ1) is 21.4. The van der Waals surface area contributed by atoms with Gasteiger partial charge in [-0.1, -0.05) is 36.4 Å². The van der Waals surface area contributed by atoms with E-state index in [2.05, 4.69) is 15.0 Å². The van der Waals surface area contributed by atoms with Crippen LogP contribution >= 0.6 is 0 Å². The summed E-state index contributed by atoms with van der Waals surface area (Å²) in [7, 11) is 0. The molecule has 1 N–H and O–H groups in total. The van der Waals surface area contributed by atoms with E-state index in [1.54, 1.807) is 6.08 Å². The van der Waals surface area contributed by atoms with E-state index >= 15 is 0 Å². The highest BCUT2D eigenvalue weighted by atomic mass is 16.6. The molecule has 0 bridgehead atoms. The molecule has 1 saturated heterocycles. The summed E-state index contributed by atoms with van der Waals surface area (Å²) in [5.41, 5.74) is 3.25. The summed E-state index contributed by atoms with van der Waals surface area (Å²) < 4.78 is 16.1. The van der Waals surface area contributed by atoms with Crippen molar-refractivity contribution in [3.8, 4) is 17.2 Å². The Labute approximate surface area is 186 Å². The molecule has 2 heterocycles. The number of alkyl carbamates (subject to hydrolysis) is 1. The highest BCUT2D eigenvalue weighted by Crippen LogP contribution is 2.22. The molecule has 4 rings (SSSR count). The average molecular weight is 432 g/mol. The number of nitrogens with zero attached hydrogens (tertiary/aromatic N) is 1. The molecule has 1 aliphatic heterocycles. The first-order valence-corrected chi connectivity index (χ1v) is 10.6. The predicted molar refractivity (Wildman–Crippen MR) is 118 cm³/mol. The van der Waals surface area contributed by atoms with Crippen LogP contribution in [0.25, 0.3) is 11.5 Å². The first-order chi connectivity index (χ1) is 15.6. The fraction of sp³-hybridized carbons (Fsp3) is 0.240. The van der Waals surface area contributed by atoms with E-state index in [0.717, 1.165) is 35.6 Å². The van der Waals surface area contributed by atoms with Crippen molar-refractivity contribution in [3.63, 3.8) is 0 Å². The molecule has 7 nitrogen and oxygen atoms in total. The number of aromatic nitrogens is 1. The summed E-state index contributed by atoms with van der Waals surface area (Å²) in [4.78, 5) is 26.9. The fourth-order valence-electron chi connectivity index (χ4n) is 3.39. The zero-order valence-electron chi connectivity index (χ0n) is 17.8. The summed E-state index contributed by atoms with van der Waals surface area (Å²) in [5.74, 6) is 1.62. The average Bonchev–Trinajstić information content (AvgIpc) is 3.33. The van der Waals surface area contributed by atoms with E-state index < -0.39 is 12.1 Å². The van der Waals surface area contributed by atoms with E-state index in [1.165, 1.54) is 5.56 Å². The number of benzene rings is 2. The molecule has 7 heteroatoms. The number of allylic oxidation sites excluding steroid dienone is 1. The third kappa shape index (κ3) is 5.43. The maximum atomic E-state index is 11.4. The molecule has 0 spiro atoms. The minimum Gasteiger partial charge on any atom is -0.493 e. The molecule has 2 aromatic carbocycles. The van der Waals surface area contributed by atoms with E-state index in [-0.39, 0.29) is 5.70 Å². The number of hydrogen-bond acceptors (Lipinski definition) is 6. The van der Waals surface area contributed by atoms with Gasteiger partial charge in [0, 0.05) is 12.0 Å². The standard InChI is InChI=1S/C25H24N2O5/c1-17-21(26-23(31-17)19-8-3-2-4-9-19)15-16-30-20-13-11-18(12-14-20)7-5-6-10-22-24(28)32-25(29)27-22/h2-4,8-14H,5-7,15-16H2,1H3,(H,27,29). The van der Waals surface area contributed by atoms with Crippen LogP contribution in [0.3, 0.4) is 0 Å². The third-order valence-electron chi connectivity index (χ3n) is 5.10. The minimum absolute atomic E-state index is 0.219. The maximum absolute atomic E-state index is 11.4. The Kier molecular flexibility index (Phi) is 6.65. The number of carbonyl (C=O) groups is 2. The largest absolute Gasteiger partial charge is 0.493 e. The number of nitrogens with one attached hydrogen (secondary N) is 1. The van der Waals surface area contributed by atoms with Gasteiger partial charge in [-0.15, -0.1) is 0 Å². The number of oxazole rings is 1. The summed E-state index contributed by atoms with van der Waals surface area (Å²) in [6, 6.07) is 17.8. The molecule has 1 amide bonds. The van der Waals surface area contributed by atoms with Gasteiger partial charge in [0.2, 0.25) is 5.89 Å². The molecule has 0 radical (unpaired) electrons. The van der Waals surface area contributed by atoms with Crippen LogP contribution in [0.15, 0.2) is 70.8 Å². The van der Waals surface area contributed by atoms with Gasteiger partial charge >= 0.3 is 12.1 Å². The van der Waals surface area contributed by atoms with E-state index in [4.69, 9.17) is 9.15 Å². The Morgan fingerprint density at radius 2 is 1.81 bits per heavy atom. The molecule has 0 aliphatic carbocycles. The second-order valence-electron chi connectivity index (χ2n) is 7.44. The predicted octanol–water partition coefficient (Wildman–Crippen LogP) is 4.74. The highest BCUT2D eigenvalue weighted by Gasteiger charge is 2.25. The molecule has 0 atom stereocenters. The molecule has 0 unspecified atom stereocenters. The van der Waals surface area contributed by atoms with Crippen LogP contribution < -0.4 is 10.1 Å². The Balaban J connectivity index is 1.22. The summed E-state index contributed by atoms with van der Waals surface area (Å²) in [6.07, 6.45) is 4.02. The van der Waals surface area contributed by atoms with Gasteiger partial charge in [0.25, 0.3) is 0 Å². The van der Waals surface area contributed by atoms with Crippen LogP contribution in [0.5, 0.6) is 5.75 Å². The molecule has 3 aromatic rings. The first-order valence-electron chi connectivity index (χ1n) is 10.6. The molecule has 164 valence electrons. The lowest BCUT2D eigenvalue weighted by Crippen LogP contribution is -2.11. The molecule has 1 aromatic heterocycles. The summed E-state index contributed by atoms with van der Waals surface area (Å²) in [6.45, 7) is 2.43. The Morgan fingerprint density at radius 1 is 1.03 bits per heavy atom. The van der Waals surface area contributed by atoms with Crippen molar-refractivity contribution in [1.29, 1.82) is 0 Å². The van der Waals surface area contributed by atoms with Crippen LogP contribution in [0.4, 0.5) is 4.79 Å². The monoisotopic (exact) mass is 432 g/mol. The number of hydrogen-bond donors (Lipinski definition) is 1. The van der Waals surface area contributed by atoms with Crippen molar-refractivity contribution < 1.29 is 23.5 Å². The Hall–Kier alpha value is -3.87. The molecule has 1 fully saturated rings. The van der Waals surface area contributed by atoms with Crippen LogP contribution in [-0.2, 0) is 22.4 Å². The molecule has 0 saturated carbocycles. The van der Waals surface area contributed by atoms with Gasteiger partial charge in [0.1, 0.15) is 17.2 Å². The van der Waals surface area contributed by atoms with Gasteiger partial charge in [0.15, 0.2) is 0 Å². The molecule has 1 aliphatic rings. The number of rotatable bonds is 9. The smallest absolute Gasteiger partial charge is 0.419 e. The summed E-state index contributed by atoms with van der Waals surface area (Å²) >= 11 is 0. The Bertz CT molecular complexity index is 1120. The number of aryl methyl sites for hydroxylation is 2. The van der Waals surface area contributed by atoms with Crippen LogP contribution in [0, 0.1) is 6.92 Å². The van der Waals surface area contributed by atoms with Crippen molar-refractivity contribution in [2.24, 2.45) is 0 Å². The van der Waals surface area contributed by atoms with Crippen LogP contribution in [0.2, 0.25) is 0 Å². The molecular formula is C25H24N2O5. The van der Waals surface area contributed by atoms with Crippen molar-refractivity contribution in [3.05, 3.63) is 83.4 Å². The van der Waals surface area contributed by atoms with Crippen molar-refractivity contribution in [2.75, 3.05) is 6.61 Å². The second kappa shape index (κ2) is 9.96. The minimum atomic E-state index is -0.716. The zero-order chi connectivity index (χ0) is 22.3. The number of cyclic esters (lactones) is 2. The quantitative estimate of drug-likeness (QED) is 0.227. The normalized spacial score (nSPS) is 14.5. The topological polar surface area (TPSA) is 90.7 Å². The number of amides is 1. The van der Waals surface area contributed by atoms with Gasteiger partial charge in [-0.2, -0.15) is 0 Å². The van der Waals surface area contributed by atoms with Crippen LogP contribution in [-0.4, -0.2) is 23.7 Å².